The molecular weight excluding hydrogens is 324 g/mol. The van der Waals surface area contributed by atoms with Crippen molar-refractivity contribution >= 4 is 28.6 Å². The van der Waals surface area contributed by atoms with Gasteiger partial charge in [-0.25, -0.2) is 0 Å². The SMILES string of the molecule is O=C(Cc1ccsc1)N1CCC(N2CCc3sccc3C2)CC1. The average molecular weight is 347 g/mol. The van der Waals surface area contributed by atoms with E-state index >= 15 is 0 Å². The molecule has 0 radical (unpaired) electrons. The fraction of sp³-hybridized carbons (Fsp3) is 0.500. The van der Waals surface area contributed by atoms with Crippen molar-refractivity contribution in [2.45, 2.75) is 38.3 Å². The second-order valence-electron chi connectivity index (χ2n) is 6.51. The molecule has 2 aliphatic rings. The molecule has 0 aliphatic carbocycles. The highest BCUT2D eigenvalue weighted by atomic mass is 32.1. The van der Waals surface area contributed by atoms with E-state index in [1.807, 2.05) is 16.7 Å². The van der Waals surface area contributed by atoms with E-state index in [1.165, 1.54) is 18.5 Å². The molecule has 2 aliphatic heterocycles. The number of piperidine rings is 1. The number of carbonyl (C=O) groups is 1. The standard InChI is InChI=1S/C18H22N2OS2/c21-18(11-14-4-9-22-13-14)19-6-1-16(2-7-19)20-8-3-17-15(12-20)5-10-23-17/h4-5,9-10,13,16H,1-3,6-8,11-12H2. The van der Waals surface area contributed by atoms with E-state index in [2.05, 4.69) is 32.7 Å². The summed E-state index contributed by atoms with van der Waals surface area (Å²) in [6, 6.07) is 4.99. The topological polar surface area (TPSA) is 23.6 Å². The highest BCUT2D eigenvalue weighted by Crippen LogP contribution is 2.28. The lowest BCUT2D eigenvalue weighted by atomic mass is 9.99. The van der Waals surface area contributed by atoms with Crippen molar-refractivity contribution in [3.05, 3.63) is 44.3 Å². The number of hydrogen-bond acceptors (Lipinski definition) is 4. The zero-order chi connectivity index (χ0) is 15.6. The first kappa shape index (κ1) is 15.4. The van der Waals surface area contributed by atoms with Crippen LogP contribution >= 0.6 is 22.7 Å². The monoisotopic (exact) mass is 346 g/mol. The van der Waals surface area contributed by atoms with Gasteiger partial charge < -0.3 is 4.90 Å². The summed E-state index contributed by atoms with van der Waals surface area (Å²) >= 11 is 3.57. The molecule has 0 spiro atoms. The van der Waals surface area contributed by atoms with E-state index in [-0.39, 0.29) is 0 Å². The van der Waals surface area contributed by atoms with Gasteiger partial charge in [-0.15, -0.1) is 11.3 Å². The molecule has 1 saturated heterocycles. The van der Waals surface area contributed by atoms with E-state index in [1.54, 1.807) is 16.2 Å². The van der Waals surface area contributed by atoms with Gasteiger partial charge in [0, 0.05) is 37.1 Å². The summed E-state index contributed by atoms with van der Waals surface area (Å²) in [7, 11) is 0. The number of nitrogens with zero attached hydrogens (tertiary/aromatic N) is 2. The Morgan fingerprint density at radius 2 is 2.04 bits per heavy atom. The molecule has 3 nitrogen and oxygen atoms in total. The molecule has 0 unspecified atom stereocenters. The van der Waals surface area contributed by atoms with Gasteiger partial charge in [0.15, 0.2) is 0 Å². The Hall–Kier alpha value is -1.17. The summed E-state index contributed by atoms with van der Waals surface area (Å²) in [5.41, 5.74) is 2.68. The fourth-order valence-electron chi connectivity index (χ4n) is 3.74. The van der Waals surface area contributed by atoms with Crippen LogP contribution < -0.4 is 0 Å². The molecule has 2 aromatic rings. The summed E-state index contributed by atoms with van der Waals surface area (Å²) in [5, 5.41) is 6.35. The Morgan fingerprint density at radius 1 is 1.17 bits per heavy atom. The highest BCUT2D eigenvalue weighted by Gasteiger charge is 2.29. The van der Waals surface area contributed by atoms with Gasteiger partial charge >= 0.3 is 0 Å². The van der Waals surface area contributed by atoms with E-state index in [0.717, 1.165) is 38.0 Å². The van der Waals surface area contributed by atoms with Crippen molar-refractivity contribution in [1.29, 1.82) is 0 Å². The van der Waals surface area contributed by atoms with Crippen LogP contribution in [-0.4, -0.2) is 41.4 Å². The number of likely N-dealkylation sites (tertiary alicyclic amines) is 1. The molecule has 0 atom stereocenters. The zero-order valence-electron chi connectivity index (χ0n) is 13.2. The number of carbonyl (C=O) groups excluding carboxylic acids is 1. The van der Waals surface area contributed by atoms with Crippen LogP contribution in [0.5, 0.6) is 0 Å². The second kappa shape index (κ2) is 6.75. The molecule has 122 valence electrons. The Labute approximate surface area is 145 Å². The quantitative estimate of drug-likeness (QED) is 0.850. The molecule has 0 N–H and O–H groups in total. The minimum Gasteiger partial charge on any atom is -0.342 e. The lowest BCUT2D eigenvalue weighted by Crippen LogP contribution is -2.48. The van der Waals surface area contributed by atoms with Crippen LogP contribution in [0.15, 0.2) is 28.3 Å². The highest BCUT2D eigenvalue weighted by molar-refractivity contribution is 7.10. The second-order valence-corrected chi connectivity index (χ2v) is 8.29. The fourth-order valence-corrected chi connectivity index (χ4v) is 5.30. The summed E-state index contributed by atoms with van der Waals surface area (Å²) in [5.74, 6) is 0.292. The van der Waals surface area contributed by atoms with Gasteiger partial charge in [-0.2, -0.15) is 11.3 Å². The van der Waals surface area contributed by atoms with Crippen molar-refractivity contribution in [1.82, 2.24) is 9.80 Å². The van der Waals surface area contributed by atoms with Crippen LogP contribution in [0.3, 0.4) is 0 Å². The van der Waals surface area contributed by atoms with Gasteiger partial charge in [-0.05, 0) is 58.7 Å². The number of rotatable bonds is 3. The van der Waals surface area contributed by atoms with Crippen LogP contribution in [0, 0.1) is 0 Å². The largest absolute Gasteiger partial charge is 0.342 e. The van der Waals surface area contributed by atoms with Crippen LogP contribution in [-0.2, 0) is 24.2 Å². The first-order valence-corrected chi connectivity index (χ1v) is 10.2. The van der Waals surface area contributed by atoms with Crippen molar-refractivity contribution in [2.75, 3.05) is 19.6 Å². The molecule has 5 heteroatoms. The molecule has 0 saturated carbocycles. The summed E-state index contributed by atoms with van der Waals surface area (Å²) in [4.78, 5) is 18.7. The van der Waals surface area contributed by atoms with Crippen LogP contribution in [0.1, 0.15) is 28.8 Å². The van der Waals surface area contributed by atoms with Gasteiger partial charge in [0.05, 0.1) is 6.42 Å². The average Bonchev–Trinajstić information content (AvgIpc) is 3.25. The van der Waals surface area contributed by atoms with Gasteiger partial charge in [0.1, 0.15) is 0 Å². The third kappa shape index (κ3) is 3.37. The minimum absolute atomic E-state index is 0.292. The molecule has 1 amide bonds. The number of amides is 1. The maximum absolute atomic E-state index is 12.4. The first-order chi connectivity index (χ1) is 11.3. The minimum atomic E-state index is 0.292. The third-order valence-electron chi connectivity index (χ3n) is 5.11. The normalized spacial score (nSPS) is 19.7. The molecule has 1 fully saturated rings. The predicted octanol–water partition coefficient (Wildman–Crippen LogP) is 3.40. The van der Waals surface area contributed by atoms with Crippen molar-refractivity contribution in [3.63, 3.8) is 0 Å². The van der Waals surface area contributed by atoms with Crippen LogP contribution in [0.2, 0.25) is 0 Å². The molecule has 4 rings (SSSR count). The molecule has 4 heterocycles. The Bertz CT molecular complexity index is 656. The third-order valence-corrected chi connectivity index (χ3v) is 6.86. The molecule has 0 aromatic carbocycles. The molecule has 0 bridgehead atoms. The lowest BCUT2D eigenvalue weighted by Gasteiger charge is -2.40. The van der Waals surface area contributed by atoms with E-state index in [9.17, 15) is 4.79 Å². The van der Waals surface area contributed by atoms with Crippen LogP contribution in [0.25, 0.3) is 0 Å². The first-order valence-electron chi connectivity index (χ1n) is 8.38. The van der Waals surface area contributed by atoms with Crippen molar-refractivity contribution in [3.8, 4) is 0 Å². The van der Waals surface area contributed by atoms with Gasteiger partial charge in [-0.1, -0.05) is 0 Å². The summed E-state index contributed by atoms with van der Waals surface area (Å²) in [6.07, 6.45) is 4.00. The maximum Gasteiger partial charge on any atom is 0.227 e. The van der Waals surface area contributed by atoms with Crippen molar-refractivity contribution < 1.29 is 4.79 Å². The van der Waals surface area contributed by atoms with E-state index in [0.29, 0.717) is 18.4 Å². The Morgan fingerprint density at radius 3 is 2.83 bits per heavy atom. The zero-order valence-corrected chi connectivity index (χ0v) is 14.9. The van der Waals surface area contributed by atoms with Crippen LogP contribution in [0.4, 0.5) is 0 Å². The number of fused-ring (bicyclic) bond motifs is 1. The summed E-state index contributed by atoms with van der Waals surface area (Å²) < 4.78 is 0. The lowest BCUT2D eigenvalue weighted by molar-refractivity contribution is -0.132. The maximum atomic E-state index is 12.4. The smallest absolute Gasteiger partial charge is 0.227 e. The van der Waals surface area contributed by atoms with Gasteiger partial charge in [0.2, 0.25) is 5.91 Å². The summed E-state index contributed by atoms with van der Waals surface area (Å²) in [6.45, 7) is 4.12. The van der Waals surface area contributed by atoms with E-state index in [4.69, 9.17) is 0 Å². The number of hydrogen-bond donors (Lipinski definition) is 0. The number of thiophene rings is 2. The Kier molecular flexibility index (Phi) is 4.51. The molecule has 23 heavy (non-hydrogen) atoms. The van der Waals surface area contributed by atoms with Gasteiger partial charge in [-0.3, -0.25) is 9.69 Å². The molecule has 2 aromatic heterocycles. The van der Waals surface area contributed by atoms with Gasteiger partial charge in [0.25, 0.3) is 0 Å². The van der Waals surface area contributed by atoms with Crippen molar-refractivity contribution in [2.24, 2.45) is 0 Å². The predicted molar refractivity (Wildman–Crippen MR) is 96.1 cm³/mol. The Balaban J connectivity index is 1.30. The molecular formula is C18H22N2OS2. The van der Waals surface area contributed by atoms with E-state index < -0.39 is 0 Å².